The van der Waals surface area contributed by atoms with Crippen molar-refractivity contribution in [2.45, 2.75) is 17.9 Å². The predicted molar refractivity (Wildman–Crippen MR) is 101 cm³/mol. The molecule has 1 aliphatic rings. The van der Waals surface area contributed by atoms with Crippen molar-refractivity contribution in [3.8, 4) is 0 Å². The molecule has 1 N–H and O–H groups in total. The molecule has 0 spiro atoms. The van der Waals surface area contributed by atoms with E-state index in [4.69, 9.17) is 0 Å². The number of benzene rings is 2. The molecule has 1 atom stereocenters. The van der Waals surface area contributed by atoms with E-state index in [-0.39, 0.29) is 23.9 Å². The van der Waals surface area contributed by atoms with Crippen molar-refractivity contribution in [2.24, 2.45) is 0 Å². The Labute approximate surface area is 158 Å². The van der Waals surface area contributed by atoms with Crippen molar-refractivity contribution in [1.82, 2.24) is 9.21 Å². The first-order chi connectivity index (χ1) is 12.9. The Bertz CT molecular complexity index is 897. The molecule has 1 saturated heterocycles. The van der Waals surface area contributed by atoms with Crippen LogP contribution in [0.1, 0.15) is 6.92 Å². The van der Waals surface area contributed by atoms with Crippen molar-refractivity contribution in [2.75, 3.05) is 31.5 Å². The molecule has 27 heavy (non-hydrogen) atoms. The number of nitrogens with one attached hydrogen (secondary N) is 1. The molecule has 0 bridgehead atoms. The number of anilines is 1. The Morgan fingerprint density at radius 2 is 1.59 bits per heavy atom. The topological polar surface area (TPSA) is 69.7 Å². The summed E-state index contributed by atoms with van der Waals surface area (Å²) >= 11 is 0. The van der Waals surface area contributed by atoms with E-state index in [9.17, 15) is 17.6 Å². The maximum Gasteiger partial charge on any atom is 0.246 e. The summed E-state index contributed by atoms with van der Waals surface area (Å²) in [6, 6.07) is 14.1. The fourth-order valence-corrected chi connectivity index (χ4v) is 4.55. The highest BCUT2D eigenvalue weighted by molar-refractivity contribution is 7.89. The van der Waals surface area contributed by atoms with Gasteiger partial charge in [0.15, 0.2) is 0 Å². The van der Waals surface area contributed by atoms with E-state index in [0.29, 0.717) is 13.1 Å². The van der Waals surface area contributed by atoms with Gasteiger partial charge in [0.05, 0.1) is 6.04 Å². The van der Waals surface area contributed by atoms with Crippen molar-refractivity contribution in [3.05, 3.63) is 60.4 Å². The minimum Gasteiger partial charge on any atom is -0.325 e. The third-order valence-corrected chi connectivity index (χ3v) is 6.63. The van der Waals surface area contributed by atoms with Crippen LogP contribution in [-0.2, 0) is 14.8 Å². The number of sulfonamides is 1. The van der Waals surface area contributed by atoms with E-state index in [1.165, 1.54) is 22.5 Å². The van der Waals surface area contributed by atoms with Gasteiger partial charge in [-0.1, -0.05) is 30.3 Å². The third kappa shape index (κ3) is 4.35. The smallest absolute Gasteiger partial charge is 0.246 e. The standard InChI is InChI=1S/C19H22FN3O3S/c1-15(19(24)21-16-7-3-2-4-8-16)22-11-13-23(14-12-22)27(25,26)18-10-6-5-9-17(18)20/h2-10,15H,11-14H2,1H3,(H,21,24). The zero-order valence-electron chi connectivity index (χ0n) is 15.0. The van der Waals surface area contributed by atoms with Crippen LogP contribution in [0.2, 0.25) is 0 Å². The first-order valence-corrected chi connectivity index (χ1v) is 10.2. The molecule has 2 aromatic rings. The zero-order chi connectivity index (χ0) is 19.4. The van der Waals surface area contributed by atoms with E-state index in [2.05, 4.69) is 5.32 Å². The summed E-state index contributed by atoms with van der Waals surface area (Å²) in [6.07, 6.45) is 0. The van der Waals surface area contributed by atoms with E-state index >= 15 is 0 Å². The maximum atomic E-state index is 13.9. The van der Waals surface area contributed by atoms with Gasteiger partial charge in [-0.15, -0.1) is 0 Å². The van der Waals surface area contributed by atoms with Gasteiger partial charge in [-0.25, -0.2) is 12.8 Å². The van der Waals surface area contributed by atoms with Crippen molar-refractivity contribution in [1.29, 1.82) is 0 Å². The summed E-state index contributed by atoms with van der Waals surface area (Å²) in [7, 11) is -3.88. The lowest BCUT2D eigenvalue weighted by Crippen LogP contribution is -2.54. The minimum atomic E-state index is -3.88. The molecule has 1 aliphatic heterocycles. The van der Waals surface area contributed by atoms with Gasteiger partial charge < -0.3 is 5.32 Å². The summed E-state index contributed by atoms with van der Waals surface area (Å²) in [5.41, 5.74) is 0.718. The van der Waals surface area contributed by atoms with Gasteiger partial charge >= 0.3 is 0 Å². The Kier molecular flexibility index (Phi) is 5.88. The van der Waals surface area contributed by atoms with Gasteiger partial charge in [0.1, 0.15) is 10.7 Å². The molecular formula is C19H22FN3O3S. The van der Waals surface area contributed by atoms with Crippen LogP contribution in [0.5, 0.6) is 0 Å². The minimum absolute atomic E-state index is 0.147. The molecule has 3 rings (SSSR count). The molecule has 1 unspecified atom stereocenters. The Morgan fingerprint density at radius 1 is 1.00 bits per heavy atom. The van der Waals surface area contributed by atoms with Crippen molar-refractivity contribution >= 4 is 21.6 Å². The Morgan fingerprint density at radius 3 is 2.22 bits per heavy atom. The molecule has 1 heterocycles. The van der Waals surface area contributed by atoms with Crippen LogP contribution in [0.4, 0.5) is 10.1 Å². The van der Waals surface area contributed by atoms with Crippen LogP contribution in [0, 0.1) is 5.82 Å². The largest absolute Gasteiger partial charge is 0.325 e. The number of hydrogen-bond donors (Lipinski definition) is 1. The average Bonchev–Trinajstić information content (AvgIpc) is 2.68. The number of piperazine rings is 1. The van der Waals surface area contributed by atoms with Crippen molar-refractivity contribution < 1.29 is 17.6 Å². The number of nitrogens with zero attached hydrogens (tertiary/aromatic N) is 2. The van der Waals surface area contributed by atoms with E-state index in [0.717, 1.165) is 11.8 Å². The summed E-state index contributed by atoms with van der Waals surface area (Å²) in [5.74, 6) is -0.901. The summed E-state index contributed by atoms with van der Waals surface area (Å²) < 4.78 is 40.5. The lowest BCUT2D eigenvalue weighted by Gasteiger charge is -2.36. The number of rotatable bonds is 5. The fourth-order valence-electron chi connectivity index (χ4n) is 3.06. The second-order valence-corrected chi connectivity index (χ2v) is 8.31. The molecule has 144 valence electrons. The third-order valence-electron chi connectivity index (χ3n) is 4.70. The zero-order valence-corrected chi connectivity index (χ0v) is 15.8. The maximum absolute atomic E-state index is 13.9. The van der Waals surface area contributed by atoms with Gasteiger partial charge in [0.25, 0.3) is 0 Å². The fraction of sp³-hybridized carbons (Fsp3) is 0.316. The van der Waals surface area contributed by atoms with Crippen LogP contribution in [0.3, 0.4) is 0 Å². The highest BCUT2D eigenvalue weighted by atomic mass is 32.2. The number of hydrogen-bond acceptors (Lipinski definition) is 4. The average molecular weight is 391 g/mol. The molecule has 1 amide bonds. The van der Waals surface area contributed by atoms with E-state index < -0.39 is 21.9 Å². The predicted octanol–water partition coefficient (Wildman–Crippen LogP) is 2.16. The summed E-state index contributed by atoms with van der Waals surface area (Å²) in [5, 5.41) is 2.85. The van der Waals surface area contributed by atoms with Crippen LogP contribution >= 0.6 is 0 Å². The number of halogens is 1. The molecule has 1 fully saturated rings. The number of carbonyl (C=O) groups is 1. The van der Waals surface area contributed by atoms with E-state index in [1.54, 1.807) is 6.92 Å². The SMILES string of the molecule is CC(C(=O)Nc1ccccc1)N1CCN(S(=O)(=O)c2ccccc2F)CC1. The van der Waals surface area contributed by atoms with E-state index in [1.807, 2.05) is 35.2 Å². The van der Waals surface area contributed by atoms with Gasteiger partial charge in [-0.2, -0.15) is 4.31 Å². The highest BCUT2D eigenvalue weighted by Crippen LogP contribution is 2.21. The first-order valence-electron chi connectivity index (χ1n) is 8.74. The quantitative estimate of drug-likeness (QED) is 0.848. The summed E-state index contributed by atoms with van der Waals surface area (Å²) in [4.78, 5) is 14.0. The van der Waals surface area contributed by atoms with Crippen LogP contribution in [-0.4, -0.2) is 55.8 Å². The van der Waals surface area contributed by atoms with Crippen molar-refractivity contribution in [3.63, 3.8) is 0 Å². The van der Waals surface area contributed by atoms with Gasteiger partial charge in [-0.05, 0) is 31.2 Å². The lowest BCUT2D eigenvalue weighted by atomic mass is 10.2. The lowest BCUT2D eigenvalue weighted by molar-refractivity contribution is -0.121. The number of para-hydroxylation sites is 1. The number of carbonyl (C=O) groups excluding carboxylic acids is 1. The second-order valence-electron chi connectivity index (χ2n) is 6.40. The first kappa shape index (κ1) is 19.5. The Balaban J connectivity index is 1.61. The van der Waals surface area contributed by atoms with Crippen LogP contribution in [0.25, 0.3) is 0 Å². The second kappa shape index (κ2) is 8.16. The van der Waals surface area contributed by atoms with Gasteiger partial charge in [0.2, 0.25) is 15.9 Å². The van der Waals surface area contributed by atoms with Gasteiger partial charge in [0, 0.05) is 31.9 Å². The molecule has 8 heteroatoms. The molecular weight excluding hydrogens is 369 g/mol. The monoisotopic (exact) mass is 391 g/mol. The normalized spacial score (nSPS) is 17.4. The molecule has 0 aromatic heterocycles. The van der Waals surface area contributed by atoms with Crippen LogP contribution < -0.4 is 5.32 Å². The van der Waals surface area contributed by atoms with Gasteiger partial charge in [-0.3, -0.25) is 9.69 Å². The Hall–Kier alpha value is -2.29. The van der Waals surface area contributed by atoms with Crippen LogP contribution in [0.15, 0.2) is 59.5 Å². The molecule has 0 radical (unpaired) electrons. The molecule has 6 nitrogen and oxygen atoms in total. The highest BCUT2D eigenvalue weighted by Gasteiger charge is 2.33. The molecule has 0 aliphatic carbocycles. The summed E-state index contributed by atoms with van der Waals surface area (Å²) in [6.45, 7) is 3.01. The molecule has 0 saturated carbocycles. The number of amides is 1. The molecule has 2 aromatic carbocycles.